The van der Waals surface area contributed by atoms with Crippen LogP contribution in [0.15, 0.2) is 0 Å². The normalized spacial score (nSPS) is 13.7. The fourth-order valence-corrected chi connectivity index (χ4v) is 1.94. The van der Waals surface area contributed by atoms with Crippen LogP contribution in [0.3, 0.4) is 0 Å². The molecule has 0 fully saturated rings. The third kappa shape index (κ3) is 8.08. The molecular weight excluding hydrogens is 198 g/mol. The predicted molar refractivity (Wildman–Crippen MR) is 73.0 cm³/mol. The molecule has 0 heterocycles. The molecule has 0 saturated heterocycles. The van der Waals surface area contributed by atoms with Crippen LogP contribution in [-0.2, 0) is 0 Å². The number of nitrogens with zero attached hydrogens (tertiary/aromatic N) is 2. The van der Waals surface area contributed by atoms with Crippen molar-refractivity contribution >= 4 is 0 Å². The lowest BCUT2D eigenvalue weighted by Gasteiger charge is -2.28. The van der Waals surface area contributed by atoms with E-state index in [0.29, 0.717) is 6.04 Å². The second kappa shape index (κ2) is 10.1. The summed E-state index contributed by atoms with van der Waals surface area (Å²) >= 11 is 0. The molecular formula is C13H31N3. The molecule has 0 aliphatic carbocycles. The fraction of sp³-hybridized carbons (Fsp3) is 1.00. The Morgan fingerprint density at radius 1 is 1.06 bits per heavy atom. The van der Waals surface area contributed by atoms with Gasteiger partial charge in [0.15, 0.2) is 0 Å². The maximum absolute atomic E-state index is 3.46. The van der Waals surface area contributed by atoms with E-state index in [1.165, 1.54) is 32.4 Å². The Morgan fingerprint density at radius 2 is 1.75 bits per heavy atom. The van der Waals surface area contributed by atoms with Crippen molar-refractivity contribution < 1.29 is 0 Å². The van der Waals surface area contributed by atoms with E-state index in [1.54, 1.807) is 0 Å². The van der Waals surface area contributed by atoms with E-state index in [4.69, 9.17) is 0 Å². The smallest absolute Gasteiger partial charge is 0.0217 e. The molecule has 0 bridgehead atoms. The van der Waals surface area contributed by atoms with Gasteiger partial charge in [-0.1, -0.05) is 20.3 Å². The number of likely N-dealkylation sites (N-methyl/N-ethyl adjacent to an activating group) is 2. The highest BCUT2D eigenvalue weighted by Gasteiger charge is 2.12. The Balaban J connectivity index is 3.81. The number of rotatable bonds is 10. The van der Waals surface area contributed by atoms with Crippen molar-refractivity contribution in [1.29, 1.82) is 0 Å². The summed E-state index contributed by atoms with van der Waals surface area (Å²) in [4.78, 5) is 4.77. The number of hydrogen-bond donors (Lipinski definition) is 1. The van der Waals surface area contributed by atoms with Crippen molar-refractivity contribution in [3.8, 4) is 0 Å². The van der Waals surface area contributed by atoms with Gasteiger partial charge in [0, 0.05) is 12.6 Å². The van der Waals surface area contributed by atoms with Crippen LogP contribution < -0.4 is 5.32 Å². The molecule has 1 N–H and O–H groups in total. The number of hydrogen-bond acceptors (Lipinski definition) is 3. The van der Waals surface area contributed by atoms with Gasteiger partial charge >= 0.3 is 0 Å². The van der Waals surface area contributed by atoms with E-state index >= 15 is 0 Å². The molecule has 0 aromatic carbocycles. The topological polar surface area (TPSA) is 18.5 Å². The molecule has 1 atom stereocenters. The summed E-state index contributed by atoms with van der Waals surface area (Å²) in [7, 11) is 6.54. The minimum atomic E-state index is 0.701. The third-order valence-corrected chi connectivity index (χ3v) is 2.99. The van der Waals surface area contributed by atoms with E-state index in [-0.39, 0.29) is 0 Å². The Labute approximate surface area is 102 Å². The van der Waals surface area contributed by atoms with Crippen molar-refractivity contribution in [2.45, 2.75) is 39.2 Å². The minimum Gasteiger partial charge on any atom is -0.315 e. The Bertz CT molecular complexity index is 148. The molecule has 0 radical (unpaired) electrons. The lowest BCUT2D eigenvalue weighted by atomic mass is 10.1. The maximum atomic E-state index is 3.46. The first-order valence-electron chi connectivity index (χ1n) is 6.67. The van der Waals surface area contributed by atoms with Gasteiger partial charge in [-0.25, -0.2) is 0 Å². The number of nitrogens with one attached hydrogen (secondary N) is 1. The van der Waals surface area contributed by atoms with Crippen molar-refractivity contribution in [1.82, 2.24) is 15.1 Å². The summed E-state index contributed by atoms with van der Waals surface area (Å²) in [6.45, 7) is 9.04. The zero-order valence-corrected chi connectivity index (χ0v) is 11.9. The summed E-state index contributed by atoms with van der Waals surface area (Å²) in [5.74, 6) is 0. The molecule has 3 heteroatoms. The maximum Gasteiger partial charge on any atom is 0.0217 e. The molecule has 0 amide bonds. The van der Waals surface area contributed by atoms with E-state index in [2.05, 4.69) is 50.1 Å². The zero-order chi connectivity index (χ0) is 12.4. The van der Waals surface area contributed by atoms with Gasteiger partial charge in [-0.05, 0) is 53.6 Å². The van der Waals surface area contributed by atoms with Crippen molar-refractivity contribution in [3.05, 3.63) is 0 Å². The molecule has 0 saturated carbocycles. The molecule has 0 spiro atoms. The monoisotopic (exact) mass is 229 g/mol. The summed E-state index contributed by atoms with van der Waals surface area (Å²) in [5, 5.41) is 3.46. The molecule has 16 heavy (non-hydrogen) atoms. The third-order valence-electron chi connectivity index (χ3n) is 2.99. The van der Waals surface area contributed by atoms with Crippen LogP contribution in [0.4, 0.5) is 0 Å². The van der Waals surface area contributed by atoms with Crippen LogP contribution in [0.1, 0.15) is 33.1 Å². The Morgan fingerprint density at radius 3 is 2.25 bits per heavy atom. The van der Waals surface area contributed by atoms with Gasteiger partial charge in [-0.15, -0.1) is 0 Å². The lowest BCUT2D eigenvalue weighted by molar-refractivity contribution is 0.212. The van der Waals surface area contributed by atoms with E-state index in [9.17, 15) is 0 Å². The lowest BCUT2D eigenvalue weighted by Crippen LogP contribution is -2.41. The zero-order valence-electron chi connectivity index (χ0n) is 11.9. The van der Waals surface area contributed by atoms with Crippen molar-refractivity contribution in [2.75, 3.05) is 47.3 Å². The second-order valence-electron chi connectivity index (χ2n) is 4.89. The average molecular weight is 229 g/mol. The first kappa shape index (κ1) is 15.9. The highest BCUT2D eigenvalue weighted by Crippen LogP contribution is 2.05. The van der Waals surface area contributed by atoms with E-state index in [0.717, 1.165) is 13.1 Å². The first-order chi connectivity index (χ1) is 7.61. The van der Waals surface area contributed by atoms with Gasteiger partial charge < -0.3 is 15.1 Å². The molecule has 98 valence electrons. The SMILES string of the molecule is CCCC(CNCC)N(C)CCCN(C)C. The summed E-state index contributed by atoms with van der Waals surface area (Å²) in [6.07, 6.45) is 3.83. The highest BCUT2D eigenvalue weighted by atomic mass is 15.2. The fourth-order valence-electron chi connectivity index (χ4n) is 1.94. The van der Waals surface area contributed by atoms with Gasteiger partial charge in [0.1, 0.15) is 0 Å². The van der Waals surface area contributed by atoms with Crippen LogP contribution in [0.2, 0.25) is 0 Å². The average Bonchev–Trinajstić information content (AvgIpc) is 2.23. The molecule has 3 nitrogen and oxygen atoms in total. The van der Waals surface area contributed by atoms with E-state index in [1.807, 2.05) is 0 Å². The van der Waals surface area contributed by atoms with Crippen LogP contribution in [0, 0.1) is 0 Å². The molecule has 0 aliphatic heterocycles. The Hall–Kier alpha value is -0.120. The van der Waals surface area contributed by atoms with Gasteiger partial charge in [0.2, 0.25) is 0 Å². The van der Waals surface area contributed by atoms with Crippen molar-refractivity contribution in [2.24, 2.45) is 0 Å². The van der Waals surface area contributed by atoms with Crippen LogP contribution in [0.5, 0.6) is 0 Å². The van der Waals surface area contributed by atoms with Gasteiger partial charge in [0.25, 0.3) is 0 Å². The summed E-state index contributed by atoms with van der Waals surface area (Å²) < 4.78 is 0. The molecule has 0 aromatic heterocycles. The molecule has 1 unspecified atom stereocenters. The Kier molecular flexibility index (Phi) is 9.99. The van der Waals surface area contributed by atoms with Crippen molar-refractivity contribution in [3.63, 3.8) is 0 Å². The second-order valence-corrected chi connectivity index (χ2v) is 4.89. The molecule has 0 aromatic rings. The minimum absolute atomic E-state index is 0.701. The van der Waals surface area contributed by atoms with Crippen LogP contribution >= 0.6 is 0 Å². The molecule has 0 rings (SSSR count). The highest BCUT2D eigenvalue weighted by molar-refractivity contribution is 4.71. The van der Waals surface area contributed by atoms with Crippen LogP contribution in [-0.4, -0.2) is 63.2 Å². The van der Waals surface area contributed by atoms with Gasteiger partial charge in [0.05, 0.1) is 0 Å². The summed E-state index contributed by atoms with van der Waals surface area (Å²) in [6, 6.07) is 0.701. The standard InChI is InChI=1S/C13H31N3/c1-6-9-13(12-14-7-2)16(5)11-8-10-15(3)4/h13-14H,6-12H2,1-5H3. The first-order valence-corrected chi connectivity index (χ1v) is 6.67. The largest absolute Gasteiger partial charge is 0.315 e. The quantitative estimate of drug-likeness (QED) is 0.614. The van der Waals surface area contributed by atoms with Crippen LogP contribution in [0.25, 0.3) is 0 Å². The van der Waals surface area contributed by atoms with Gasteiger partial charge in [-0.3, -0.25) is 0 Å². The molecule has 0 aliphatic rings. The van der Waals surface area contributed by atoms with E-state index < -0.39 is 0 Å². The predicted octanol–water partition coefficient (Wildman–Crippen LogP) is 1.65. The summed E-state index contributed by atoms with van der Waals surface area (Å²) in [5.41, 5.74) is 0. The van der Waals surface area contributed by atoms with Gasteiger partial charge in [-0.2, -0.15) is 0 Å².